The maximum atomic E-state index is 6.61. The summed E-state index contributed by atoms with van der Waals surface area (Å²) in [5, 5.41) is 0. The zero-order valence-corrected chi connectivity index (χ0v) is 21.1. The van der Waals surface area contributed by atoms with Crippen LogP contribution in [0.3, 0.4) is 0 Å². The molecule has 1 atom stereocenters. The van der Waals surface area contributed by atoms with Crippen LogP contribution in [0.25, 0.3) is 0 Å². The first-order valence-corrected chi connectivity index (χ1v) is 14.3. The van der Waals surface area contributed by atoms with Crippen LogP contribution in [0.5, 0.6) is 5.75 Å². The zero-order chi connectivity index (χ0) is 22.0. The molecule has 1 fully saturated rings. The van der Waals surface area contributed by atoms with Crippen molar-refractivity contribution in [3.8, 4) is 17.6 Å². The van der Waals surface area contributed by atoms with Crippen molar-refractivity contribution in [3.63, 3.8) is 0 Å². The number of nitrogens with zero attached hydrogens (tertiary/aromatic N) is 1. The van der Waals surface area contributed by atoms with Crippen molar-refractivity contribution in [3.05, 3.63) is 42.0 Å². The van der Waals surface area contributed by atoms with Gasteiger partial charge in [0, 0.05) is 18.5 Å². The van der Waals surface area contributed by atoms with Crippen molar-refractivity contribution < 1.29 is 4.74 Å². The van der Waals surface area contributed by atoms with E-state index in [4.69, 9.17) is 4.74 Å². The van der Waals surface area contributed by atoms with Crippen LogP contribution in [0.15, 0.2) is 36.4 Å². The number of allylic oxidation sites excluding steroid dienone is 1. The Morgan fingerprint density at radius 2 is 1.93 bits per heavy atom. The van der Waals surface area contributed by atoms with Crippen LogP contribution in [0, 0.1) is 23.2 Å². The molecule has 0 saturated heterocycles. The van der Waals surface area contributed by atoms with Crippen LogP contribution in [-0.2, 0) is 6.54 Å². The van der Waals surface area contributed by atoms with E-state index in [9.17, 15) is 0 Å². The molecule has 1 aliphatic carbocycles. The molecule has 2 nitrogen and oxygen atoms in total. The van der Waals surface area contributed by atoms with Gasteiger partial charge in [-0.15, -0.1) is 0 Å². The Bertz CT molecular complexity index is 716. The average molecular weight is 425 g/mol. The molecule has 165 valence electrons. The SMILES string of the molecule is CCN(C/C=C/C#CC(C)(C)C)Cc1cccc(OC(C2CCCCC2)[Si](C)C)c1. The summed E-state index contributed by atoms with van der Waals surface area (Å²) in [6, 6.07) is 8.77. The zero-order valence-electron chi connectivity index (χ0n) is 20.1. The Morgan fingerprint density at radius 1 is 1.20 bits per heavy atom. The van der Waals surface area contributed by atoms with Gasteiger partial charge in [0.25, 0.3) is 0 Å². The lowest BCUT2D eigenvalue weighted by Crippen LogP contribution is -2.39. The second kappa shape index (κ2) is 12.4. The summed E-state index contributed by atoms with van der Waals surface area (Å²) >= 11 is 0. The first kappa shape index (κ1) is 24.8. The van der Waals surface area contributed by atoms with Crippen LogP contribution in [0.4, 0.5) is 0 Å². The van der Waals surface area contributed by atoms with E-state index in [1.807, 2.05) is 6.08 Å². The predicted molar refractivity (Wildman–Crippen MR) is 132 cm³/mol. The molecule has 0 heterocycles. The van der Waals surface area contributed by atoms with Gasteiger partial charge < -0.3 is 4.74 Å². The first-order valence-electron chi connectivity index (χ1n) is 11.7. The molecule has 1 aromatic rings. The summed E-state index contributed by atoms with van der Waals surface area (Å²) in [5.41, 5.74) is 1.81. The molecule has 1 aromatic carbocycles. The first-order chi connectivity index (χ1) is 14.3. The van der Waals surface area contributed by atoms with Crippen LogP contribution in [0.2, 0.25) is 13.1 Å². The Hall–Kier alpha value is -1.50. The van der Waals surface area contributed by atoms with Gasteiger partial charge in [-0.2, -0.15) is 0 Å². The molecule has 1 radical (unpaired) electrons. The highest BCUT2D eigenvalue weighted by Gasteiger charge is 2.28. The lowest BCUT2D eigenvalue weighted by atomic mass is 9.90. The Labute approximate surface area is 187 Å². The molecule has 0 spiro atoms. The van der Waals surface area contributed by atoms with Crippen molar-refractivity contribution >= 4 is 8.80 Å². The number of hydrogen-bond donors (Lipinski definition) is 0. The number of ether oxygens (including phenoxy) is 1. The monoisotopic (exact) mass is 424 g/mol. The summed E-state index contributed by atoms with van der Waals surface area (Å²) in [6.07, 6.45) is 11.0. The Kier molecular flexibility index (Phi) is 10.2. The van der Waals surface area contributed by atoms with Gasteiger partial charge in [-0.3, -0.25) is 4.90 Å². The summed E-state index contributed by atoms with van der Waals surface area (Å²) in [7, 11) is -0.492. The molecule has 0 N–H and O–H groups in total. The third-order valence-corrected chi connectivity index (χ3v) is 7.40. The van der Waals surface area contributed by atoms with E-state index in [0.29, 0.717) is 5.73 Å². The number of rotatable bonds is 9. The third-order valence-electron chi connectivity index (χ3n) is 5.67. The fourth-order valence-electron chi connectivity index (χ4n) is 4.07. The van der Waals surface area contributed by atoms with Crippen molar-refractivity contribution in [2.45, 2.75) is 85.2 Å². The van der Waals surface area contributed by atoms with E-state index in [2.05, 4.69) is 87.9 Å². The molecule has 0 amide bonds. The molecule has 0 aliphatic heterocycles. The predicted octanol–water partition coefficient (Wildman–Crippen LogP) is 6.74. The summed E-state index contributed by atoms with van der Waals surface area (Å²) in [5.74, 6) is 8.22. The summed E-state index contributed by atoms with van der Waals surface area (Å²) in [6.45, 7) is 16.3. The third kappa shape index (κ3) is 9.10. The van der Waals surface area contributed by atoms with Crippen molar-refractivity contribution in [1.82, 2.24) is 4.90 Å². The van der Waals surface area contributed by atoms with Crippen LogP contribution < -0.4 is 4.74 Å². The van der Waals surface area contributed by atoms with Crippen molar-refractivity contribution in [1.29, 1.82) is 0 Å². The van der Waals surface area contributed by atoms with Gasteiger partial charge in [0.1, 0.15) is 5.75 Å². The van der Waals surface area contributed by atoms with E-state index < -0.39 is 8.80 Å². The standard InChI is InChI=1S/C27H42NOSi/c1-7-28(20-13-9-12-19-27(2,3)4)22-23-15-14-18-25(21-23)29-26(30(5)6)24-16-10-8-11-17-24/h9,13-15,18,21,24,26H,7-8,10-11,16-17,20,22H2,1-6H3/b13-9+. The fraction of sp³-hybridized carbons (Fsp3) is 0.630. The summed E-state index contributed by atoms with van der Waals surface area (Å²) < 4.78 is 6.61. The highest BCUT2D eigenvalue weighted by Crippen LogP contribution is 2.30. The molecule has 30 heavy (non-hydrogen) atoms. The van der Waals surface area contributed by atoms with Gasteiger partial charge in [-0.1, -0.05) is 69.3 Å². The Balaban J connectivity index is 1.97. The van der Waals surface area contributed by atoms with Gasteiger partial charge in [0.2, 0.25) is 0 Å². The van der Waals surface area contributed by atoms with Crippen LogP contribution >= 0.6 is 0 Å². The minimum Gasteiger partial charge on any atom is -0.494 e. The highest BCUT2D eigenvalue weighted by atomic mass is 28.3. The minimum atomic E-state index is -0.492. The lowest BCUT2D eigenvalue weighted by molar-refractivity contribution is 0.167. The van der Waals surface area contributed by atoms with Crippen molar-refractivity contribution in [2.75, 3.05) is 13.1 Å². The largest absolute Gasteiger partial charge is 0.494 e. The van der Waals surface area contributed by atoms with Gasteiger partial charge in [-0.25, -0.2) is 0 Å². The molecule has 1 saturated carbocycles. The maximum Gasteiger partial charge on any atom is 0.119 e. The maximum absolute atomic E-state index is 6.61. The molecule has 2 rings (SSSR count). The quantitative estimate of drug-likeness (QED) is 0.322. The minimum absolute atomic E-state index is 0.0583. The van der Waals surface area contributed by atoms with E-state index >= 15 is 0 Å². The molecule has 3 heteroatoms. The van der Waals surface area contributed by atoms with Gasteiger partial charge in [-0.05, 0) is 69.8 Å². The van der Waals surface area contributed by atoms with E-state index in [1.54, 1.807) is 0 Å². The van der Waals surface area contributed by atoms with Crippen molar-refractivity contribution in [2.24, 2.45) is 11.3 Å². The fourth-order valence-corrected chi connectivity index (χ4v) is 5.72. The van der Waals surface area contributed by atoms with E-state index in [1.165, 1.54) is 37.7 Å². The number of benzene rings is 1. The number of likely N-dealkylation sites (N-methyl/N-ethyl adjacent to an activating group) is 1. The normalized spacial score (nSPS) is 16.7. The smallest absolute Gasteiger partial charge is 0.119 e. The summed E-state index contributed by atoms with van der Waals surface area (Å²) in [4.78, 5) is 2.43. The topological polar surface area (TPSA) is 12.5 Å². The van der Waals surface area contributed by atoms with Gasteiger partial charge >= 0.3 is 0 Å². The molecule has 0 aromatic heterocycles. The van der Waals surface area contributed by atoms with E-state index in [0.717, 1.165) is 31.3 Å². The van der Waals surface area contributed by atoms with Gasteiger partial charge in [0.05, 0.1) is 14.5 Å². The lowest BCUT2D eigenvalue weighted by Gasteiger charge is -2.33. The van der Waals surface area contributed by atoms with Crippen LogP contribution in [-0.4, -0.2) is 32.5 Å². The molecule has 0 bridgehead atoms. The molecule has 1 unspecified atom stereocenters. The molecule has 1 aliphatic rings. The number of hydrogen-bond acceptors (Lipinski definition) is 2. The molecular formula is C27H42NOSi. The van der Waals surface area contributed by atoms with Gasteiger partial charge in [0.15, 0.2) is 0 Å². The Morgan fingerprint density at radius 3 is 2.57 bits per heavy atom. The van der Waals surface area contributed by atoms with E-state index in [-0.39, 0.29) is 5.41 Å². The molecular weight excluding hydrogens is 382 g/mol. The second-order valence-electron chi connectivity index (χ2n) is 9.91. The average Bonchev–Trinajstić information content (AvgIpc) is 2.71. The second-order valence-corrected chi connectivity index (χ2v) is 12.6. The highest BCUT2D eigenvalue weighted by molar-refractivity contribution is 6.57. The van der Waals surface area contributed by atoms with Crippen LogP contribution in [0.1, 0.15) is 65.4 Å².